The molecule has 1 amide bonds. The van der Waals surface area contributed by atoms with E-state index in [1.54, 1.807) is 12.1 Å². The van der Waals surface area contributed by atoms with Gasteiger partial charge in [0.25, 0.3) is 5.91 Å². The number of aromatic nitrogens is 2. The molecule has 0 aliphatic heterocycles. The first-order valence-electron chi connectivity index (χ1n) is 8.57. The maximum Gasteiger partial charge on any atom is 0.272 e. The Morgan fingerprint density at radius 3 is 2.35 bits per heavy atom. The van der Waals surface area contributed by atoms with Crippen molar-refractivity contribution in [3.63, 3.8) is 0 Å². The predicted molar refractivity (Wildman–Crippen MR) is 103 cm³/mol. The molecule has 0 radical (unpaired) electrons. The molecule has 0 atom stereocenters. The van der Waals surface area contributed by atoms with Crippen LogP contribution >= 0.6 is 0 Å². The zero-order valence-electron chi connectivity index (χ0n) is 15.0. The molecule has 1 heterocycles. The molecule has 0 fully saturated rings. The zero-order valence-corrected chi connectivity index (χ0v) is 15.0. The van der Waals surface area contributed by atoms with Crippen LogP contribution in [0.15, 0.2) is 60.7 Å². The first kappa shape index (κ1) is 17.6. The molecule has 132 valence electrons. The number of amides is 1. The van der Waals surface area contributed by atoms with Crippen LogP contribution in [-0.2, 0) is 13.1 Å². The average molecular weight is 346 g/mol. The summed E-state index contributed by atoms with van der Waals surface area (Å²) in [5, 5.41) is 14.2. The number of rotatable bonds is 6. The molecule has 1 aromatic heterocycles. The van der Waals surface area contributed by atoms with Crippen molar-refractivity contribution in [1.82, 2.24) is 15.5 Å². The fourth-order valence-corrected chi connectivity index (χ4v) is 2.54. The van der Waals surface area contributed by atoms with Gasteiger partial charge in [-0.1, -0.05) is 59.7 Å². The third-order valence-corrected chi connectivity index (χ3v) is 4.03. The van der Waals surface area contributed by atoms with Crippen LogP contribution in [0.25, 0.3) is 0 Å². The molecule has 5 heteroatoms. The van der Waals surface area contributed by atoms with E-state index in [1.807, 2.05) is 31.2 Å². The van der Waals surface area contributed by atoms with E-state index in [-0.39, 0.29) is 5.91 Å². The van der Waals surface area contributed by atoms with Crippen LogP contribution in [0, 0.1) is 13.8 Å². The summed E-state index contributed by atoms with van der Waals surface area (Å²) in [6.45, 7) is 5.22. The number of hydrogen-bond acceptors (Lipinski definition) is 4. The Bertz CT molecular complexity index is 873. The minimum atomic E-state index is -0.232. The van der Waals surface area contributed by atoms with E-state index in [2.05, 4.69) is 52.0 Å². The van der Waals surface area contributed by atoms with E-state index in [4.69, 9.17) is 0 Å². The Morgan fingerprint density at radius 1 is 0.846 bits per heavy atom. The molecule has 2 aromatic carbocycles. The van der Waals surface area contributed by atoms with Crippen molar-refractivity contribution in [3.05, 3.63) is 88.6 Å². The number of nitrogens with zero attached hydrogens (tertiary/aromatic N) is 2. The quantitative estimate of drug-likeness (QED) is 0.715. The van der Waals surface area contributed by atoms with Gasteiger partial charge in [-0.25, -0.2) is 0 Å². The second-order valence-corrected chi connectivity index (χ2v) is 6.31. The molecule has 26 heavy (non-hydrogen) atoms. The molecule has 0 spiro atoms. The SMILES string of the molecule is Cc1ccc(CNc2ccc(C(=O)NCc3cccc(C)c3)nn2)cc1. The Hall–Kier alpha value is -3.21. The van der Waals surface area contributed by atoms with Gasteiger partial charge in [0.15, 0.2) is 5.69 Å². The van der Waals surface area contributed by atoms with Gasteiger partial charge in [-0.3, -0.25) is 4.79 Å². The summed E-state index contributed by atoms with van der Waals surface area (Å²) in [5.74, 6) is 0.407. The molecule has 0 unspecified atom stereocenters. The van der Waals surface area contributed by atoms with Gasteiger partial charge < -0.3 is 10.6 Å². The van der Waals surface area contributed by atoms with Crippen LogP contribution in [0.1, 0.15) is 32.7 Å². The van der Waals surface area contributed by atoms with Gasteiger partial charge in [0.1, 0.15) is 5.82 Å². The van der Waals surface area contributed by atoms with Crippen molar-refractivity contribution in [2.45, 2.75) is 26.9 Å². The van der Waals surface area contributed by atoms with E-state index >= 15 is 0 Å². The number of anilines is 1. The highest BCUT2D eigenvalue weighted by Crippen LogP contribution is 2.08. The molecule has 3 rings (SSSR count). The van der Waals surface area contributed by atoms with Gasteiger partial charge >= 0.3 is 0 Å². The summed E-state index contributed by atoms with van der Waals surface area (Å²) in [5.41, 5.74) is 4.92. The molecule has 0 bridgehead atoms. The largest absolute Gasteiger partial charge is 0.365 e. The van der Waals surface area contributed by atoms with Crippen molar-refractivity contribution in [2.75, 3.05) is 5.32 Å². The lowest BCUT2D eigenvalue weighted by Gasteiger charge is -2.07. The third-order valence-electron chi connectivity index (χ3n) is 4.03. The lowest BCUT2D eigenvalue weighted by molar-refractivity contribution is 0.0945. The lowest BCUT2D eigenvalue weighted by atomic mass is 10.1. The summed E-state index contributed by atoms with van der Waals surface area (Å²) in [7, 11) is 0. The third kappa shape index (κ3) is 4.89. The standard InChI is InChI=1S/C21H22N4O/c1-15-6-8-17(9-7-15)13-22-20-11-10-19(24-25-20)21(26)23-14-18-5-3-4-16(2)12-18/h3-12H,13-14H2,1-2H3,(H,22,25)(H,23,26). The maximum atomic E-state index is 12.2. The summed E-state index contributed by atoms with van der Waals surface area (Å²) in [4.78, 5) is 12.2. The van der Waals surface area contributed by atoms with E-state index in [1.165, 1.54) is 11.1 Å². The predicted octanol–water partition coefficient (Wildman–Crippen LogP) is 3.64. The summed E-state index contributed by atoms with van der Waals surface area (Å²) in [6.07, 6.45) is 0. The fourth-order valence-electron chi connectivity index (χ4n) is 2.54. The number of benzene rings is 2. The number of aryl methyl sites for hydroxylation is 2. The number of carbonyl (C=O) groups excluding carboxylic acids is 1. The van der Waals surface area contributed by atoms with Gasteiger partial charge in [-0.15, -0.1) is 10.2 Å². The fraction of sp³-hybridized carbons (Fsp3) is 0.190. The van der Waals surface area contributed by atoms with Gasteiger partial charge in [0.05, 0.1) is 0 Å². The van der Waals surface area contributed by atoms with Crippen molar-refractivity contribution in [1.29, 1.82) is 0 Å². The van der Waals surface area contributed by atoms with E-state index in [0.717, 1.165) is 11.1 Å². The molecule has 3 aromatic rings. The smallest absolute Gasteiger partial charge is 0.272 e. The number of carbonyl (C=O) groups is 1. The molecule has 5 nitrogen and oxygen atoms in total. The van der Waals surface area contributed by atoms with Crippen LogP contribution in [-0.4, -0.2) is 16.1 Å². The highest BCUT2D eigenvalue weighted by molar-refractivity contribution is 5.92. The van der Waals surface area contributed by atoms with Crippen molar-refractivity contribution in [2.24, 2.45) is 0 Å². The second-order valence-electron chi connectivity index (χ2n) is 6.31. The minimum Gasteiger partial charge on any atom is -0.365 e. The molecule has 0 saturated carbocycles. The Balaban J connectivity index is 1.53. The molecule has 0 aliphatic carbocycles. The van der Waals surface area contributed by atoms with Gasteiger partial charge in [0.2, 0.25) is 0 Å². The molecular weight excluding hydrogens is 324 g/mol. The molecule has 2 N–H and O–H groups in total. The number of hydrogen-bond donors (Lipinski definition) is 2. The monoisotopic (exact) mass is 346 g/mol. The van der Waals surface area contributed by atoms with Crippen LogP contribution in [0.2, 0.25) is 0 Å². The molecule has 0 aliphatic rings. The zero-order chi connectivity index (χ0) is 18.4. The lowest BCUT2D eigenvalue weighted by Crippen LogP contribution is -2.24. The average Bonchev–Trinajstić information content (AvgIpc) is 2.66. The first-order chi connectivity index (χ1) is 12.6. The van der Waals surface area contributed by atoms with E-state index < -0.39 is 0 Å². The van der Waals surface area contributed by atoms with Crippen LogP contribution in [0.3, 0.4) is 0 Å². The van der Waals surface area contributed by atoms with Gasteiger partial charge in [-0.2, -0.15) is 0 Å². The molecular formula is C21H22N4O. The Kier molecular flexibility index (Phi) is 5.59. The minimum absolute atomic E-state index is 0.232. The van der Waals surface area contributed by atoms with Gasteiger partial charge in [0, 0.05) is 13.1 Å². The molecule has 0 saturated heterocycles. The van der Waals surface area contributed by atoms with Crippen molar-refractivity contribution < 1.29 is 4.79 Å². The summed E-state index contributed by atoms with van der Waals surface area (Å²) >= 11 is 0. The summed E-state index contributed by atoms with van der Waals surface area (Å²) < 4.78 is 0. The van der Waals surface area contributed by atoms with Crippen LogP contribution in [0.5, 0.6) is 0 Å². The van der Waals surface area contributed by atoms with E-state index in [0.29, 0.717) is 24.6 Å². The first-order valence-corrected chi connectivity index (χ1v) is 8.57. The van der Waals surface area contributed by atoms with E-state index in [9.17, 15) is 4.79 Å². The maximum absolute atomic E-state index is 12.2. The van der Waals surface area contributed by atoms with Crippen molar-refractivity contribution in [3.8, 4) is 0 Å². The second kappa shape index (κ2) is 8.25. The number of nitrogens with one attached hydrogen (secondary N) is 2. The Morgan fingerprint density at radius 2 is 1.65 bits per heavy atom. The van der Waals surface area contributed by atoms with Crippen LogP contribution in [0.4, 0.5) is 5.82 Å². The van der Waals surface area contributed by atoms with Crippen LogP contribution < -0.4 is 10.6 Å². The van der Waals surface area contributed by atoms with Crippen molar-refractivity contribution >= 4 is 11.7 Å². The normalized spacial score (nSPS) is 10.4. The summed E-state index contributed by atoms with van der Waals surface area (Å²) in [6, 6.07) is 19.8. The highest BCUT2D eigenvalue weighted by atomic mass is 16.1. The Labute approximate surface area is 153 Å². The highest BCUT2D eigenvalue weighted by Gasteiger charge is 2.08. The topological polar surface area (TPSA) is 66.9 Å². The van der Waals surface area contributed by atoms with Gasteiger partial charge in [-0.05, 0) is 37.1 Å².